The molecule has 1 aromatic carbocycles. The first kappa shape index (κ1) is 17.7. The van der Waals surface area contributed by atoms with Gasteiger partial charge in [0.2, 0.25) is 0 Å². The molecule has 0 N–H and O–H groups in total. The van der Waals surface area contributed by atoms with Crippen LogP contribution in [0.25, 0.3) is 0 Å². The van der Waals surface area contributed by atoms with Gasteiger partial charge >= 0.3 is 11.9 Å². The Morgan fingerprint density at radius 2 is 1.73 bits per heavy atom. The molecule has 0 heterocycles. The number of unbranched alkanes of at least 4 members (excludes halogenated alkanes) is 1. The summed E-state index contributed by atoms with van der Waals surface area (Å²) in [6.45, 7) is 2.77. The van der Waals surface area contributed by atoms with Crippen LogP contribution in [0.5, 0.6) is 5.75 Å². The number of ether oxygens (including phenoxy) is 3. The van der Waals surface area contributed by atoms with Crippen molar-refractivity contribution >= 4 is 23.8 Å². The molecule has 6 heteroatoms. The summed E-state index contributed by atoms with van der Waals surface area (Å²) in [4.78, 5) is 27.1. The predicted octanol–water partition coefficient (Wildman–Crippen LogP) is 2.53. The highest BCUT2D eigenvalue weighted by molar-refractivity contribution is 6.09. The molecule has 1 aromatic rings. The van der Waals surface area contributed by atoms with Crippen LogP contribution in [-0.2, 0) is 19.1 Å². The Bertz CT molecular complexity index is 494. The quantitative estimate of drug-likeness (QED) is 0.319. The number of carbonyl (C=O) groups is 2. The highest BCUT2D eigenvalue weighted by Gasteiger charge is 2.26. The average Bonchev–Trinajstić information content (AvgIpc) is 2.55. The fraction of sp³-hybridized carbons (Fsp3) is 0.438. The third kappa shape index (κ3) is 5.55. The molecule has 0 unspecified atom stereocenters. The van der Waals surface area contributed by atoms with Crippen molar-refractivity contribution < 1.29 is 23.8 Å². The molecule has 0 aliphatic carbocycles. The molecule has 0 saturated carbocycles. The molecule has 0 aliphatic rings. The minimum atomic E-state index is -1.17. The Labute approximate surface area is 130 Å². The van der Waals surface area contributed by atoms with E-state index in [9.17, 15) is 9.59 Å². The largest absolute Gasteiger partial charge is 0.494 e. The Morgan fingerprint density at radius 3 is 2.23 bits per heavy atom. The third-order valence-electron chi connectivity index (χ3n) is 2.89. The van der Waals surface area contributed by atoms with Gasteiger partial charge in [0.05, 0.1) is 26.5 Å². The first-order chi connectivity index (χ1) is 10.6. The lowest BCUT2D eigenvalue weighted by Crippen LogP contribution is -2.27. The minimum absolute atomic E-state index is 0.598. The molecular weight excluding hydrogens is 286 g/mol. The maximum Gasteiger partial charge on any atom is 0.325 e. The van der Waals surface area contributed by atoms with Gasteiger partial charge in [-0.1, -0.05) is 13.3 Å². The molecule has 22 heavy (non-hydrogen) atoms. The van der Waals surface area contributed by atoms with Gasteiger partial charge in [0, 0.05) is 6.21 Å². The Hall–Kier alpha value is -2.37. The van der Waals surface area contributed by atoms with Crippen molar-refractivity contribution in [2.75, 3.05) is 20.8 Å². The summed E-state index contributed by atoms with van der Waals surface area (Å²) in [5.74, 6) is -1.84. The van der Waals surface area contributed by atoms with Crippen LogP contribution in [0.2, 0.25) is 0 Å². The Morgan fingerprint density at radius 1 is 1.14 bits per heavy atom. The highest BCUT2D eigenvalue weighted by atomic mass is 16.5. The molecule has 0 amide bonds. The van der Waals surface area contributed by atoms with Crippen LogP contribution >= 0.6 is 0 Å². The molecule has 0 fully saturated rings. The number of aliphatic imine (C=N–C) groups is 1. The number of nitrogens with zero attached hydrogens (tertiary/aromatic N) is 1. The zero-order valence-electron chi connectivity index (χ0n) is 13.1. The van der Waals surface area contributed by atoms with Crippen LogP contribution in [0, 0.1) is 5.92 Å². The minimum Gasteiger partial charge on any atom is -0.494 e. The van der Waals surface area contributed by atoms with Gasteiger partial charge in [-0.25, -0.2) is 0 Å². The summed E-state index contributed by atoms with van der Waals surface area (Å²) in [6.07, 6.45) is 3.29. The molecule has 1 rings (SSSR count). The van der Waals surface area contributed by atoms with Crippen LogP contribution in [0.3, 0.4) is 0 Å². The first-order valence-electron chi connectivity index (χ1n) is 7.05. The summed E-state index contributed by atoms with van der Waals surface area (Å²) in [6, 6.07) is 7.05. The molecule has 0 aromatic heterocycles. The summed E-state index contributed by atoms with van der Waals surface area (Å²) < 4.78 is 14.6. The molecule has 0 saturated heterocycles. The molecule has 0 bridgehead atoms. The van der Waals surface area contributed by atoms with Crippen LogP contribution in [0.1, 0.15) is 19.8 Å². The standard InChI is InChI=1S/C16H21NO5/c1-4-5-10-22-13-8-6-12(7-9-13)17-11-14(15(18)20-2)16(19)21-3/h6-9,11,14H,4-5,10H2,1-3H3. The average molecular weight is 307 g/mol. The fourth-order valence-corrected chi connectivity index (χ4v) is 1.60. The summed E-state index contributed by atoms with van der Waals surface area (Å²) in [5, 5.41) is 0. The van der Waals surface area contributed by atoms with Gasteiger partial charge in [0.15, 0.2) is 5.92 Å². The molecule has 0 radical (unpaired) electrons. The zero-order valence-corrected chi connectivity index (χ0v) is 13.1. The van der Waals surface area contributed by atoms with E-state index in [1.165, 1.54) is 20.4 Å². The van der Waals surface area contributed by atoms with Crippen molar-refractivity contribution in [3.05, 3.63) is 24.3 Å². The summed E-state index contributed by atoms with van der Waals surface area (Å²) in [5.41, 5.74) is 0.598. The number of hydrogen-bond acceptors (Lipinski definition) is 6. The zero-order chi connectivity index (χ0) is 16.4. The normalized spacial score (nSPS) is 10.7. The first-order valence-corrected chi connectivity index (χ1v) is 7.05. The number of carbonyl (C=O) groups excluding carboxylic acids is 2. The molecule has 0 atom stereocenters. The molecule has 0 spiro atoms. The lowest BCUT2D eigenvalue weighted by Gasteiger charge is -2.07. The second-order valence-electron chi connectivity index (χ2n) is 4.50. The number of benzene rings is 1. The van der Waals surface area contributed by atoms with Gasteiger partial charge in [-0.2, -0.15) is 0 Å². The monoisotopic (exact) mass is 307 g/mol. The van der Waals surface area contributed by atoms with Crippen molar-refractivity contribution in [3.63, 3.8) is 0 Å². The second-order valence-corrected chi connectivity index (χ2v) is 4.50. The molecule has 6 nitrogen and oxygen atoms in total. The van der Waals surface area contributed by atoms with E-state index in [0.717, 1.165) is 18.6 Å². The van der Waals surface area contributed by atoms with E-state index in [1.807, 2.05) is 0 Å². The summed E-state index contributed by atoms with van der Waals surface area (Å²) in [7, 11) is 2.41. The SMILES string of the molecule is CCCCOc1ccc(N=CC(C(=O)OC)C(=O)OC)cc1. The van der Waals surface area contributed by atoms with Gasteiger partial charge in [-0.3, -0.25) is 14.6 Å². The van der Waals surface area contributed by atoms with Crippen LogP contribution in [0.15, 0.2) is 29.3 Å². The van der Waals surface area contributed by atoms with Gasteiger partial charge < -0.3 is 14.2 Å². The van der Waals surface area contributed by atoms with E-state index in [4.69, 9.17) is 4.74 Å². The molecule has 0 aliphatic heterocycles. The van der Waals surface area contributed by atoms with Crippen LogP contribution in [0.4, 0.5) is 5.69 Å². The van der Waals surface area contributed by atoms with Crippen LogP contribution in [-0.4, -0.2) is 39.0 Å². The Balaban J connectivity index is 2.71. The highest BCUT2D eigenvalue weighted by Crippen LogP contribution is 2.18. The smallest absolute Gasteiger partial charge is 0.325 e. The van der Waals surface area contributed by atoms with Gasteiger partial charge in [0.1, 0.15) is 5.75 Å². The van der Waals surface area contributed by atoms with Crippen molar-refractivity contribution in [1.29, 1.82) is 0 Å². The van der Waals surface area contributed by atoms with E-state index in [0.29, 0.717) is 12.3 Å². The van der Waals surface area contributed by atoms with Gasteiger partial charge in [-0.15, -0.1) is 0 Å². The maximum absolute atomic E-state index is 11.5. The maximum atomic E-state index is 11.5. The van der Waals surface area contributed by atoms with Crippen LogP contribution < -0.4 is 4.74 Å². The number of hydrogen-bond donors (Lipinski definition) is 0. The van der Waals surface area contributed by atoms with E-state index in [2.05, 4.69) is 21.4 Å². The van der Waals surface area contributed by atoms with E-state index in [1.54, 1.807) is 24.3 Å². The Kier molecular flexibility index (Phi) is 7.67. The van der Waals surface area contributed by atoms with E-state index in [-0.39, 0.29) is 0 Å². The number of rotatable bonds is 8. The van der Waals surface area contributed by atoms with Crippen molar-refractivity contribution in [2.24, 2.45) is 10.9 Å². The summed E-state index contributed by atoms with van der Waals surface area (Å²) >= 11 is 0. The molecule has 120 valence electrons. The molecular formula is C16H21NO5. The van der Waals surface area contributed by atoms with E-state index < -0.39 is 17.9 Å². The second kappa shape index (κ2) is 9.55. The van der Waals surface area contributed by atoms with E-state index >= 15 is 0 Å². The van der Waals surface area contributed by atoms with Crippen molar-refractivity contribution in [2.45, 2.75) is 19.8 Å². The lowest BCUT2D eigenvalue weighted by atomic mass is 10.2. The van der Waals surface area contributed by atoms with Gasteiger partial charge in [-0.05, 0) is 30.7 Å². The topological polar surface area (TPSA) is 74.2 Å². The lowest BCUT2D eigenvalue weighted by molar-refractivity contribution is -0.154. The number of esters is 2. The predicted molar refractivity (Wildman–Crippen MR) is 82.5 cm³/mol. The van der Waals surface area contributed by atoms with Gasteiger partial charge in [0.25, 0.3) is 0 Å². The number of methoxy groups -OCH3 is 2. The third-order valence-corrected chi connectivity index (χ3v) is 2.89. The fourth-order valence-electron chi connectivity index (χ4n) is 1.60. The van der Waals surface area contributed by atoms with Crippen molar-refractivity contribution in [3.8, 4) is 5.75 Å². The van der Waals surface area contributed by atoms with Crippen molar-refractivity contribution in [1.82, 2.24) is 0 Å².